The van der Waals surface area contributed by atoms with E-state index in [9.17, 15) is 0 Å². The molecule has 0 rings (SSSR count). The van der Waals surface area contributed by atoms with Crippen LogP contribution in [0.1, 0.15) is 1.43 Å². The van der Waals surface area contributed by atoms with Gasteiger partial charge < -0.3 is 6.90 Å². The largest absolute Gasteiger partial charge is 1.00 e. The van der Waals surface area contributed by atoms with Gasteiger partial charge in [-0.2, -0.15) is 0 Å². The average Bonchev–Trinajstić information content (AvgIpc) is 0.722. The minimum Gasteiger partial charge on any atom is -1.00 e. The number of rotatable bonds is 0. The zero-order valence-corrected chi connectivity index (χ0v) is 7.95. The van der Waals surface area contributed by atoms with Crippen LogP contribution >= 0.6 is 0 Å². The molecule has 7 heteroatoms. The van der Waals surface area contributed by atoms with Crippen molar-refractivity contribution < 1.29 is 49.6 Å². The third-order valence-corrected chi connectivity index (χ3v) is 0. The summed E-state index contributed by atoms with van der Waals surface area (Å²) in [7, 11) is 0. The SMILES string of the molecule is O.O=[Te](=O)(O)O.[H-].[Na+]. The Morgan fingerprint density at radius 2 is 1.29 bits per heavy atom. The van der Waals surface area contributed by atoms with Gasteiger partial charge in [-0.05, 0) is 0 Å². The van der Waals surface area contributed by atoms with Gasteiger partial charge >= 0.3 is 61.7 Å². The molecule has 4 N–H and O–H groups in total. The number of hydrogen-bond acceptors (Lipinski definition) is 2. The Hall–Kier alpha value is 1.27. The van der Waals surface area contributed by atoms with E-state index in [1.54, 1.807) is 0 Å². The standard InChI is InChI=1S/Na.H2O4Te.H2O.H/c;1-5(2,3)4;;/h;(H2,1,2,3,4);1H2;/q+1;;;-1. The molecule has 0 fully saturated rings. The van der Waals surface area contributed by atoms with Crippen LogP contribution in [0, 0.1) is 0 Å². The van der Waals surface area contributed by atoms with Gasteiger partial charge in [-0.1, -0.05) is 0 Å². The van der Waals surface area contributed by atoms with E-state index >= 15 is 0 Å². The van der Waals surface area contributed by atoms with Crippen LogP contribution in [-0.2, 0) is 6.21 Å². The Morgan fingerprint density at radius 3 is 1.29 bits per heavy atom. The minimum absolute atomic E-state index is 0. The van der Waals surface area contributed by atoms with Crippen LogP contribution in [0.25, 0.3) is 0 Å². The summed E-state index contributed by atoms with van der Waals surface area (Å²) in [6.07, 6.45) is 0. The van der Waals surface area contributed by atoms with Gasteiger partial charge in [0.2, 0.25) is 0 Å². The topological polar surface area (TPSA) is 106 Å². The minimum atomic E-state index is -5.52. The predicted octanol–water partition coefficient (Wildman–Crippen LogP) is -5.44. The Morgan fingerprint density at radius 1 is 1.29 bits per heavy atom. The molecule has 0 aromatic carbocycles. The average molecular weight is 236 g/mol. The van der Waals surface area contributed by atoms with Gasteiger partial charge in [0.1, 0.15) is 0 Å². The summed E-state index contributed by atoms with van der Waals surface area (Å²) < 4.78 is 32.0. The van der Waals surface area contributed by atoms with Gasteiger partial charge in [0.25, 0.3) is 0 Å². The van der Waals surface area contributed by atoms with Crippen molar-refractivity contribution in [1.29, 1.82) is 0 Å². The smallest absolute Gasteiger partial charge is 1.00 e. The van der Waals surface area contributed by atoms with Gasteiger partial charge in [0.15, 0.2) is 0 Å². The Bertz CT molecular complexity index is 95.6. The van der Waals surface area contributed by atoms with Crippen molar-refractivity contribution in [3.8, 4) is 0 Å². The zero-order chi connectivity index (χ0) is 4.50. The molecular formula is H5NaO5Te. The zero-order valence-electron chi connectivity index (χ0n) is 4.62. The van der Waals surface area contributed by atoms with Crippen LogP contribution in [0.3, 0.4) is 0 Å². The molecule has 0 aromatic heterocycles. The molecule has 0 saturated heterocycles. The van der Waals surface area contributed by atoms with E-state index in [1.807, 2.05) is 0 Å². The summed E-state index contributed by atoms with van der Waals surface area (Å²) in [5.74, 6) is 0. The third-order valence-electron chi connectivity index (χ3n) is 0. The first-order valence-electron chi connectivity index (χ1n) is 0.698. The Labute approximate surface area is 68.1 Å². The molecular weight excluding hydrogens is 231 g/mol. The van der Waals surface area contributed by atoms with Gasteiger partial charge in [0, 0.05) is 0 Å². The Balaban J connectivity index is -0.0000000267. The fourth-order valence-corrected chi connectivity index (χ4v) is 0. The molecule has 0 unspecified atom stereocenters. The summed E-state index contributed by atoms with van der Waals surface area (Å²) >= 11 is -5.52. The molecule has 0 atom stereocenters. The van der Waals surface area contributed by atoms with E-state index in [1.165, 1.54) is 0 Å². The summed E-state index contributed by atoms with van der Waals surface area (Å²) in [4.78, 5) is 0. The molecule has 5 nitrogen and oxygen atoms in total. The van der Waals surface area contributed by atoms with Crippen molar-refractivity contribution in [3.05, 3.63) is 0 Å². The molecule has 42 valence electrons. The van der Waals surface area contributed by atoms with Crippen molar-refractivity contribution in [2.75, 3.05) is 0 Å². The van der Waals surface area contributed by atoms with E-state index in [0.717, 1.165) is 0 Å². The molecule has 0 aliphatic carbocycles. The van der Waals surface area contributed by atoms with Crippen LogP contribution in [0.2, 0.25) is 0 Å². The van der Waals surface area contributed by atoms with Crippen LogP contribution in [0.15, 0.2) is 0 Å². The van der Waals surface area contributed by atoms with Crippen LogP contribution in [-0.4, -0.2) is 31.4 Å². The van der Waals surface area contributed by atoms with Gasteiger partial charge in [-0.15, -0.1) is 0 Å². The maximum absolute atomic E-state index is 8.85. The van der Waals surface area contributed by atoms with Crippen molar-refractivity contribution in [2.45, 2.75) is 0 Å². The fourth-order valence-electron chi connectivity index (χ4n) is 0. The van der Waals surface area contributed by atoms with E-state index in [2.05, 4.69) is 0 Å². The first-order chi connectivity index (χ1) is 2.00. The van der Waals surface area contributed by atoms with Crippen LogP contribution < -0.4 is 29.6 Å². The molecule has 0 heterocycles. The number of hydrogen-bond donors (Lipinski definition) is 2. The maximum atomic E-state index is 8.85. The van der Waals surface area contributed by atoms with Crippen molar-refractivity contribution in [1.82, 2.24) is 0 Å². The fraction of sp³-hybridized carbons (Fsp3) is 0. The molecule has 7 heavy (non-hydrogen) atoms. The summed E-state index contributed by atoms with van der Waals surface area (Å²) in [6.45, 7) is 0. The van der Waals surface area contributed by atoms with Gasteiger partial charge in [0.05, 0.1) is 0 Å². The monoisotopic (exact) mass is 238 g/mol. The molecule has 0 aliphatic heterocycles. The van der Waals surface area contributed by atoms with E-state index in [-0.39, 0.29) is 36.5 Å². The maximum Gasteiger partial charge on any atom is 1.00 e. The third kappa shape index (κ3) is 125. The van der Waals surface area contributed by atoms with Crippen LogP contribution in [0.4, 0.5) is 0 Å². The summed E-state index contributed by atoms with van der Waals surface area (Å²) in [5.41, 5.74) is 0. The van der Waals surface area contributed by atoms with E-state index in [4.69, 9.17) is 13.2 Å². The van der Waals surface area contributed by atoms with Crippen molar-refractivity contribution >= 4 is 19.0 Å². The van der Waals surface area contributed by atoms with Crippen molar-refractivity contribution in [3.63, 3.8) is 0 Å². The normalized spacial score (nSPS) is 8.29. The van der Waals surface area contributed by atoms with Crippen molar-refractivity contribution in [2.24, 2.45) is 0 Å². The summed E-state index contributed by atoms with van der Waals surface area (Å²) in [6, 6.07) is 0. The second-order valence-electron chi connectivity index (χ2n) is 0.448. The van der Waals surface area contributed by atoms with E-state index in [0.29, 0.717) is 0 Å². The van der Waals surface area contributed by atoms with Crippen LogP contribution in [0.5, 0.6) is 0 Å². The van der Waals surface area contributed by atoms with Gasteiger partial charge in [-0.25, -0.2) is 0 Å². The predicted molar refractivity (Wildman–Crippen MR) is 16.3 cm³/mol. The second kappa shape index (κ2) is 5.41. The molecule has 0 aromatic rings. The van der Waals surface area contributed by atoms with Gasteiger partial charge in [-0.3, -0.25) is 0 Å². The molecule has 0 spiro atoms. The molecule has 0 amide bonds. The molecule has 0 bridgehead atoms. The first kappa shape index (κ1) is 15.7. The molecule has 0 saturated carbocycles. The molecule has 0 radical (unpaired) electrons. The second-order valence-corrected chi connectivity index (χ2v) is 3.00. The molecule has 0 aliphatic rings. The summed E-state index contributed by atoms with van der Waals surface area (Å²) in [5, 5.41) is 0. The first-order valence-corrected chi connectivity index (χ1v) is 4.69. The quantitative estimate of drug-likeness (QED) is 0.409. The Kier molecular flexibility index (Phi) is 12.2. The van der Waals surface area contributed by atoms with E-state index < -0.39 is 19.0 Å².